The molecule has 1 heterocycles. The molecule has 40 heavy (non-hydrogen) atoms. The van der Waals surface area contributed by atoms with Crippen molar-refractivity contribution in [2.24, 2.45) is 0 Å². The number of aliphatic hydroxyl groups is 1. The molecule has 1 N–H and O–H groups in total. The number of ketones is 1. The summed E-state index contributed by atoms with van der Waals surface area (Å²) in [4.78, 5) is 28.0. The normalized spacial score (nSPS) is 16.2. The number of rotatable bonds is 11. The predicted molar refractivity (Wildman–Crippen MR) is 149 cm³/mol. The van der Waals surface area contributed by atoms with Crippen molar-refractivity contribution >= 4 is 17.4 Å². The Balaban J connectivity index is 1.79. The fourth-order valence-electron chi connectivity index (χ4n) is 4.78. The zero-order valence-electron chi connectivity index (χ0n) is 23.2. The van der Waals surface area contributed by atoms with E-state index in [0.29, 0.717) is 46.3 Å². The topological polar surface area (TPSA) is 104 Å². The fourth-order valence-corrected chi connectivity index (χ4v) is 4.78. The van der Waals surface area contributed by atoms with Gasteiger partial charge in [-0.15, -0.1) is 0 Å². The van der Waals surface area contributed by atoms with Crippen LogP contribution in [0.3, 0.4) is 0 Å². The monoisotopic (exact) mass is 547 g/mol. The number of nitrogens with zero attached hydrogens (tertiary/aromatic N) is 1. The Hall–Kier alpha value is -4.50. The Morgan fingerprint density at radius 2 is 1.57 bits per heavy atom. The molecule has 1 unspecified atom stereocenters. The number of amides is 1. The summed E-state index contributed by atoms with van der Waals surface area (Å²) in [7, 11) is 5.96. The molecule has 3 aromatic carbocycles. The number of methoxy groups -OCH3 is 4. The van der Waals surface area contributed by atoms with Crippen LogP contribution in [0.15, 0.2) is 66.2 Å². The summed E-state index contributed by atoms with van der Waals surface area (Å²) in [6.07, 6.45) is 0. The van der Waals surface area contributed by atoms with Crippen LogP contribution in [-0.4, -0.2) is 63.3 Å². The third kappa shape index (κ3) is 5.60. The maximum atomic E-state index is 13.4. The summed E-state index contributed by atoms with van der Waals surface area (Å²) in [5, 5.41) is 11.5. The lowest BCUT2D eigenvalue weighted by Crippen LogP contribution is -2.32. The molecule has 0 radical (unpaired) electrons. The summed E-state index contributed by atoms with van der Waals surface area (Å²) in [5.74, 6) is -0.141. The highest BCUT2D eigenvalue weighted by atomic mass is 16.5. The van der Waals surface area contributed by atoms with Gasteiger partial charge in [-0.3, -0.25) is 9.59 Å². The summed E-state index contributed by atoms with van der Waals surface area (Å²) in [6, 6.07) is 17.4. The molecule has 0 saturated carbocycles. The largest absolute Gasteiger partial charge is 0.507 e. The van der Waals surface area contributed by atoms with E-state index >= 15 is 0 Å². The molecule has 4 rings (SSSR count). The standard InChI is InChI=1S/C31H33NO8/c1-19-15-22(40-18-20-9-7-6-8-10-20)11-12-23(19)28(33)26-27(32(13-14-36-2)31(35)29(26)34)21-16-24(37-3)30(39-5)25(17-21)38-4/h6-12,15-17,27,33H,13-14,18H2,1-5H3/b28-26+. The van der Waals surface area contributed by atoms with Crippen LogP contribution in [0, 0.1) is 6.92 Å². The third-order valence-electron chi connectivity index (χ3n) is 6.78. The van der Waals surface area contributed by atoms with E-state index < -0.39 is 17.7 Å². The van der Waals surface area contributed by atoms with Crippen LogP contribution < -0.4 is 18.9 Å². The molecule has 1 saturated heterocycles. The second-order valence-electron chi connectivity index (χ2n) is 9.19. The lowest BCUT2D eigenvalue weighted by atomic mass is 9.93. The molecule has 1 fully saturated rings. The number of ether oxygens (including phenoxy) is 5. The molecular weight excluding hydrogens is 514 g/mol. The minimum Gasteiger partial charge on any atom is -0.507 e. The zero-order valence-corrected chi connectivity index (χ0v) is 23.2. The first-order valence-corrected chi connectivity index (χ1v) is 12.7. The number of aryl methyl sites for hydroxylation is 1. The van der Waals surface area contributed by atoms with Crippen molar-refractivity contribution in [3.8, 4) is 23.0 Å². The Morgan fingerprint density at radius 3 is 2.15 bits per heavy atom. The summed E-state index contributed by atoms with van der Waals surface area (Å²) in [6.45, 7) is 2.52. The van der Waals surface area contributed by atoms with Gasteiger partial charge in [0.1, 0.15) is 18.1 Å². The van der Waals surface area contributed by atoms with Crippen LogP contribution >= 0.6 is 0 Å². The average molecular weight is 548 g/mol. The van der Waals surface area contributed by atoms with Gasteiger partial charge in [0.15, 0.2) is 11.5 Å². The lowest BCUT2D eigenvalue weighted by molar-refractivity contribution is -0.140. The first-order chi connectivity index (χ1) is 19.3. The van der Waals surface area contributed by atoms with Crippen molar-refractivity contribution in [3.63, 3.8) is 0 Å². The number of likely N-dealkylation sites (tertiary alicyclic amines) is 1. The third-order valence-corrected chi connectivity index (χ3v) is 6.78. The predicted octanol–water partition coefficient (Wildman–Crippen LogP) is 4.67. The van der Waals surface area contributed by atoms with E-state index in [2.05, 4.69) is 0 Å². The molecule has 9 heteroatoms. The van der Waals surface area contributed by atoms with Crippen LogP contribution in [-0.2, 0) is 20.9 Å². The minimum atomic E-state index is -0.919. The number of benzene rings is 3. The highest BCUT2D eigenvalue weighted by molar-refractivity contribution is 6.46. The number of aliphatic hydroxyl groups excluding tert-OH is 1. The second kappa shape index (κ2) is 12.6. The van der Waals surface area contributed by atoms with E-state index in [1.165, 1.54) is 33.3 Å². The molecule has 0 spiro atoms. The van der Waals surface area contributed by atoms with Crippen LogP contribution in [0.2, 0.25) is 0 Å². The van der Waals surface area contributed by atoms with Gasteiger partial charge in [-0.2, -0.15) is 0 Å². The number of carbonyl (C=O) groups excluding carboxylic acids is 2. The van der Waals surface area contributed by atoms with Crippen LogP contribution in [0.4, 0.5) is 0 Å². The Kier molecular flexibility index (Phi) is 8.96. The van der Waals surface area contributed by atoms with Gasteiger partial charge in [0.25, 0.3) is 11.7 Å². The van der Waals surface area contributed by atoms with E-state index in [1.54, 1.807) is 37.3 Å². The van der Waals surface area contributed by atoms with Gasteiger partial charge < -0.3 is 33.7 Å². The molecule has 1 amide bonds. The van der Waals surface area contributed by atoms with Crippen molar-refractivity contribution in [2.45, 2.75) is 19.6 Å². The zero-order chi connectivity index (χ0) is 28.8. The molecule has 1 aliphatic heterocycles. The van der Waals surface area contributed by atoms with E-state index in [1.807, 2.05) is 30.3 Å². The van der Waals surface area contributed by atoms with Crippen molar-refractivity contribution < 1.29 is 38.4 Å². The van der Waals surface area contributed by atoms with Crippen molar-refractivity contribution in [3.05, 3.63) is 88.5 Å². The Labute approximate surface area is 233 Å². The van der Waals surface area contributed by atoms with Crippen molar-refractivity contribution in [1.82, 2.24) is 4.90 Å². The van der Waals surface area contributed by atoms with E-state index in [-0.39, 0.29) is 24.5 Å². The number of hydrogen-bond acceptors (Lipinski definition) is 8. The molecule has 210 valence electrons. The van der Waals surface area contributed by atoms with Crippen LogP contribution in [0.5, 0.6) is 23.0 Å². The SMILES string of the molecule is COCCN1C(=O)C(=O)/C(=C(/O)c2ccc(OCc3ccccc3)cc2C)C1c1cc(OC)c(OC)c(OC)c1. The smallest absolute Gasteiger partial charge is 0.295 e. The quantitative estimate of drug-likeness (QED) is 0.210. The molecule has 3 aromatic rings. The van der Waals surface area contributed by atoms with Gasteiger partial charge in [0.05, 0.1) is 39.6 Å². The first kappa shape index (κ1) is 28.5. The van der Waals surface area contributed by atoms with Crippen molar-refractivity contribution in [2.75, 3.05) is 41.6 Å². The van der Waals surface area contributed by atoms with Gasteiger partial charge >= 0.3 is 0 Å². The first-order valence-electron chi connectivity index (χ1n) is 12.7. The van der Waals surface area contributed by atoms with Crippen LogP contribution in [0.25, 0.3) is 5.76 Å². The van der Waals surface area contributed by atoms with Gasteiger partial charge in [-0.05, 0) is 53.9 Å². The maximum absolute atomic E-state index is 13.4. The Morgan fingerprint density at radius 1 is 0.900 bits per heavy atom. The highest BCUT2D eigenvalue weighted by Crippen LogP contribution is 2.46. The molecule has 1 atom stereocenters. The van der Waals surface area contributed by atoms with Crippen LogP contribution in [0.1, 0.15) is 28.3 Å². The average Bonchev–Trinajstić information content (AvgIpc) is 3.23. The van der Waals surface area contributed by atoms with E-state index in [9.17, 15) is 14.7 Å². The van der Waals surface area contributed by atoms with E-state index in [4.69, 9.17) is 23.7 Å². The lowest BCUT2D eigenvalue weighted by Gasteiger charge is -2.26. The number of hydrogen-bond donors (Lipinski definition) is 1. The maximum Gasteiger partial charge on any atom is 0.295 e. The highest BCUT2D eigenvalue weighted by Gasteiger charge is 2.46. The second-order valence-corrected chi connectivity index (χ2v) is 9.19. The fraction of sp³-hybridized carbons (Fsp3) is 0.290. The molecular formula is C31H33NO8. The summed E-state index contributed by atoms with van der Waals surface area (Å²) in [5.41, 5.74) is 2.57. The minimum absolute atomic E-state index is 0.0450. The molecule has 0 bridgehead atoms. The van der Waals surface area contributed by atoms with Crippen molar-refractivity contribution in [1.29, 1.82) is 0 Å². The molecule has 0 aliphatic carbocycles. The van der Waals surface area contributed by atoms with Gasteiger partial charge in [0.2, 0.25) is 5.75 Å². The van der Waals surface area contributed by atoms with Gasteiger partial charge in [0, 0.05) is 19.2 Å². The Bertz CT molecular complexity index is 1390. The van der Waals surface area contributed by atoms with Gasteiger partial charge in [-0.25, -0.2) is 0 Å². The number of carbonyl (C=O) groups is 2. The van der Waals surface area contributed by atoms with Gasteiger partial charge in [-0.1, -0.05) is 30.3 Å². The molecule has 1 aliphatic rings. The summed E-state index contributed by atoms with van der Waals surface area (Å²) < 4.78 is 27.6. The summed E-state index contributed by atoms with van der Waals surface area (Å²) >= 11 is 0. The number of Topliss-reactive ketones (excluding diaryl/α,β-unsaturated/α-hetero) is 1. The molecule has 0 aromatic heterocycles. The van der Waals surface area contributed by atoms with E-state index in [0.717, 1.165) is 5.56 Å². The molecule has 9 nitrogen and oxygen atoms in total.